The summed E-state index contributed by atoms with van der Waals surface area (Å²) in [4.78, 5) is 4.01. The second-order valence-electron chi connectivity index (χ2n) is 3.25. The van der Waals surface area contributed by atoms with Crippen LogP contribution in [-0.4, -0.2) is 17.2 Å². The van der Waals surface area contributed by atoms with Crippen LogP contribution in [0.3, 0.4) is 0 Å². The Bertz CT molecular complexity index is 497. The lowest BCUT2D eigenvalue weighted by Gasteiger charge is -2.05. The van der Waals surface area contributed by atoms with Crippen LogP contribution in [-0.2, 0) is 0 Å². The number of ether oxygens (including phenoxy) is 1. The maximum atomic E-state index is 12.8. The molecule has 16 heavy (non-hydrogen) atoms. The largest absolute Gasteiger partial charge is 0.507 e. The lowest BCUT2D eigenvalue weighted by molar-refractivity contribution is 0.398. The number of rotatable bonds is 2. The molecule has 0 atom stereocenters. The van der Waals surface area contributed by atoms with E-state index in [1.165, 1.54) is 19.2 Å². The number of halogens is 1. The van der Waals surface area contributed by atoms with E-state index in [4.69, 9.17) is 4.74 Å². The predicted molar refractivity (Wildman–Crippen MR) is 57.8 cm³/mol. The fraction of sp³-hybridized carbons (Fsp3) is 0.0833. The van der Waals surface area contributed by atoms with Gasteiger partial charge in [-0.05, 0) is 18.2 Å². The molecule has 0 aliphatic carbocycles. The Kier molecular flexibility index (Phi) is 2.72. The summed E-state index contributed by atoms with van der Waals surface area (Å²) in [6.07, 6.45) is 1.56. The molecule has 82 valence electrons. The number of benzene rings is 1. The monoisotopic (exact) mass is 219 g/mol. The van der Waals surface area contributed by atoms with Crippen molar-refractivity contribution >= 4 is 0 Å². The average Bonchev–Trinajstić information content (AvgIpc) is 2.29. The second kappa shape index (κ2) is 4.18. The topological polar surface area (TPSA) is 42.4 Å². The van der Waals surface area contributed by atoms with Crippen LogP contribution in [0.15, 0.2) is 36.5 Å². The number of aromatic hydroxyl groups is 1. The van der Waals surface area contributed by atoms with E-state index in [1.54, 1.807) is 18.3 Å². The Hall–Kier alpha value is -2.10. The lowest BCUT2D eigenvalue weighted by Crippen LogP contribution is -1.87. The molecule has 4 heteroatoms. The van der Waals surface area contributed by atoms with E-state index >= 15 is 0 Å². The molecule has 0 amide bonds. The van der Waals surface area contributed by atoms with Crippen molar-refractivity contribution < 1.29 is 14.2 Å². The van der Waals surface area contributed by atoms with E-state index in [0.717, 1.165) is 6.07 Å². The third-order valence-corrected chi connectivity index (χ3v) is 2.22. The third kappa shape index (κ3) is 1.95. The first-order chi connectivity index (χ1) is 7.70. The first-order valence-corrected chi connectivity index (χ1v) is 4.69. The molecule has 0 bridgehead atoms. The minimum absolute atomic E-state index is 0.105. The highest BCUT2D eigenvalue weighted by molar-refractivity contribution is 5.69. The molecule has 3 nitrogen and oxygen atoms in total. The lowest BCUT2D eigenvalue weighted by atomic mass is 10.1. The molecule has 1 aromatic heterocycles. The fourth-order valence-electron chi connectivity index (χ4n) is 1.41. The second-order valence-corrected chi connectivity index (χ2v) is 3.25. The van der Waals surface area contributed by atoms with Gasteiger partial charge in [0.05, 0.1) is 7.11 Å². The van der Waals surface area contributed by atoms with Crippen molar-refractivity contribution in [2.45, 2.75) is 0 Å². The van der Waals surface area contributed by atoms with Gasteiger partial charge in [0.1, 0.15) is 11.6 Å². The molecule has 1 N–H and O–H groups in total. The molecule has 1 heterocycles. The van der Waals surface area contributed by atoms with Crippen LogP contribution in [0.2, 0.25) is 0 Å². The van der Waals surface area contributed by atoms with Crippen molar-refractivity contribution in [3.05, 3.63) is 42.3 Å². The molecule has 0 unspecified atom stereocenters. The SMILES string of the molecule is COc1ccc(-c2ccc(F)cc2O)cn1. The fourth-order valence-corrected chi connectivity index (χ4v) is 1.41. The van der Waals surface area contributed by atoms with Gasteiger partial charge < -0.3 is 9.84 Å². The van der Waals surface area contributed by atoms with Crippen molar-refractivity contribution in [2.24, 2.45) is 0 Å². The summed E-state index contributed by atoms with van der Waals surface area (Å²) in [6.45, 7) is 0. The van der Waals surface area contributed by atoms with E-state index in [2.05, 4.69) is 4.98 Å². The van der Waals surface area contributed by atoms with Gasteiger partial charge in [0.25, 0.3) is 0 Å². The number of nitrogens with zero attached hydrogens (tertiary/aromatic N) is 1. The number of aromatic nitrogens is 1. The zero-order valence-corrected chi connectivity index (χ0v) is 8.64. The van der Waals surface area contributed by atoms with Crippen LogP contribution >= 0.6 is 0 Å². The average molecular weight is 219 g/mol. The summed E-state index contributed by atoms with van der Waals surface area (Å²) < 4.78 is 17.7. The van der Waals surface area contributed by atoms with Crippen LogP contribution in [0.4, 0.5) is 4.39 Å². The smallest absolute Gasteiger partial charge is 0.212 e. The number of phenols is 1. The minimum atomic E-state index is -0.470. The zero-order valence-electron chi connectivity index (χ0n) is 8.64. The van der Waals surface area contributed by atoms with Crippen molar-refractivity contribution in [3.8, 4) is 22.8 Å². The van der Waals surface area contributed by atoms with Crippen LogP contribution in [0.1, 0.15) is 0 Å². The molecule has 0 saturated heterocycles. The third-order valence-electron chi connectivity index (χ3n) is 2.22. The maximum absolute atomic E-state index is 12.8. The Labute approximate surface area is 92.1 Å². The molecule has 2 aromatic rings. The quantitative estimate of drug-likeness (QED) is 0.844. The summed E-state index contributed by atoms with van der Waals surface area (Å²) >= 11 is 0. The molecule has 0 radical (unpaired) electrons. The van der Waals surface area contributed by atoms with E-state index in [9.17, 15) is 9.50 Å². The van der Waals surface area contributed by atoms with Crippen LogP contribution in [0.25, 0.3) is 11.1 Å². The van der Waals surface area contributed by atoms with Gasteiger partial charge in [-0.3, -0.25) is 0 Å². The normalized spacial score (nSPS) is 10.1. The molecule has 2 rings (SSSR count). The first-order valence-electron chi connectivity index (χ1n) is 4.69. The number of hydrogen-bond acceptors (Lipinski definition) is 3. The van der Waals surface area contributed by atoms with Gasteiger partial charge in [-0.1, -0.05) is 0 Å². The number of hydrogen-bond donors (Lipinski definition) is 1. The molecule has 0 aliphatic rings. The Morgan fingerprint density at radius 1 is 1.25 bits per heavy atom. The van der Waals surface area contributed by atoms with Gasteiger partial charge in [-0.15, -0.1) is 0 Å². The molecule has 1 aromatic carbocycles. The van der Waals surface area contributed by atoms with Gasteiger partial charge in [0.15, 0.2) is 0 Å². The van der Waals surface area contributed by atoms with Crippen LogP contribution < -0.4 is 4.74 Å². The highest BCUT2D eigenvalue weighted by Gasteiger charge is 2.05. The van der Waals surface area contributed by atoms with E-state index in [1.807, 2.05) is 0 Å². The van der Waals surface area contributed by atoms with E-state index in [0.29, 0.717) is 17.0 Å². The first kappa shape index (κ1) is 10.4. The van der Waals surface area contributed by atoms with Crippen LogP contribution in [0, 0.1) is 5.82 Å². The van der Waals surface area contributed by atoms with Crippen molar-refractivity contribution in [3.63, 3.8) is 0 Å². The highest BCUT2D eigenvalue weighted by Crippen LogP contribution is 2.29. The van der Waals surface area contributed by atoms with E-state index in [-0.39, 0.29) is 5.75 Å². The van der Waals surface area contributed by atoms with Crippen molar-refractivity contribution in [1.82, 2.24) is 4.98 Å². The molecule has 0 saturated carbocycles. The Balaban J connectivity index is 2.42. The molecule has 0 fully saturated rings. The van der Waals surface area contributed by atoms with Gasteiger partial charge in [-0.2, -0.15) is 0 Å². The standard InChI is InChI=1S/C12H10FNO2/c1-16-12-5-2-8(7-14-12)10-4-3-9(13)6-11(10)15/h2-7,15H,1H3. The van der Waals surface area contributed by atoms with Gasteiger partial charge >= 0.3 is 0 Å². The van der Waals surface area contributed by atoms with Gasteiger partial charge in [0, 0.05) is 29.5 Å². The minimum Gasteiger partial charge on any atom is -0.507 e. The van der Waals surface area contributed by atoms with Gasteiger partial charge in [0.2, 0.25) is 5.88 Å². The van der Waals surface area contributed by atoms with Crippen molar-refractivity contribution in [1.29, 1.82) is 0 Å². The molecular formula is C12H10FNO2. The summed E-state index contributed by atoms with van der Waals surface area (Å²) in [5, 5.41) is 9.57. The Morgan fingerprint density at radius 2 is 2.06 bits per heavy atom. The predicted octanol–water partition coefficient (Wildman–Crippen LogP) is 2.60. The van der Waals surface area contributed by atoms with E-state index < -0.39 is 5.82 Å². The highest BCUT2D eigenvalue weighted by atomic mass is 19.1. The maximum Gasteiger partial charge on any atom is 0.212 e. The summed E-state index contributed by atoms with van der Waals surface area (Å²) in [5.41, 5.74) is 1.25. The molecule has 0 spiro atoms. The summed E-state index contributed by atoms with van der Waals surface area (Å²) in [5.74, 6) is -0.0833. The number of phenolic OH excluding ortho intramolecular Hbond substituents is 1. The zero-order chi connectivity index (χ0) is 11.5. The summed E-state index contributed by atoms with van der Waals surface area (Å²) in [7, 11) is 1.53. The van der Waals surface area contributed by atoms with Crippen LogP contribution in [0.5, 0.6) is 11.6 Å². The molecule has 0 aliphatic heterocycles. The number of pyridine rings is 1. The van der Waals surface area contributed by atoms with Crippen molar-refractivity contribution in [2.75, 3.05) is 7.11 Å². The number of methoxy groups -OCH3 is 1. The van der Waals surface area contributed by atoms with Gasteiger partial charge in [-0.25, -0.2) is 9.37 Å². The molecular weight excluding hydrogens is 209 g/mol. The summed E-state index contributed by atoms with van der Waals surface area (Å²) in [6, 6.07) is 7.30. The Morgan fingerprint density at radius 3 is 2.62 bits per heavy atom.